The van der Waals surface area contributed by atoms with Gasteiger partial charge < -0.3 is 9.84 Å². The summed E-state index contributed by atoms with van der Waals surface area (Å²) in [4.78, 5) is 29.5. The second kappa shape index (κ2) is 7.06. The summed E-state index contributed by atoms with van der Waals surface area (Å²) in [7, 11) is 1.45. The Balaban J connectivity index is 1.83. The quantitative estimate of drug-likeness (QED) is 0.665. The van der Waals surface area contributed by atoms with Crippen LogP contribution >= 0.6 is 11.3 Å². The minimum atomic E-state index is -0.593. The molecule has 6 nitrogen and oxygen atoms in total. The normalized spacial score (nSPS) is 18.6. The molecule has 5 rings (SSSR count). The zero-order valence-electron chi connectivity index (χ0n) is 16.9. The SMILES string of the molecule is COc1c(-c2cc3c(s2)CCC(CO)C3)c(F)c(C)c2c(=O)[nH]c(=O)n(C3CC3)c12. The van der Waals surface area contributed by atoms with Crippen molar-refractivity contribution in [3.63, 3.8) is 0 Å². The van der Waals surface area contributed by atoms with Gasteiger partial charge in [0.05, 0.1) is 18.1 Å². The molecule has 0 saturated heterocycles. The van der Waals surface area contributed by atoms with Crippen molar-refractivity contribution in [2.24, 2.45) is 5.92 Å². The second-order valence-electron chi connectivity index (χ2n) is 8.28. The summed E-state index contributed by atoms with van der Waals surface area (Å²) in [5, 5.41) is 9.69. The number of thiophene rings is 1. The number of aromatic amines is 1. The first-order valence-electron chi connectivity index (χ1n) is 10.2. The van der Waals surface area contributed by atoms with Gasteiger partial charge in [-0.3, -0.25) is 14.3 Å². The van der Waals surface area contributed by atoms with Crippen molar-refractivity contribution in [3.8, 4) is 16.2 Å². The Bertz CT molecular complexity index is 1290. The fraction of sp³-hybridized carbons (Fsp3) is 0.455. The van der Waals surface area contributed by atoms with Crippen molar-refractivity contribution < 1.29 is 14.2 Å². The van der Waals surface area contributed by atoms with Crippen LogP contribution in [0.15, 0.2) is 15.7 Å². The van der Waals surface area contributed by atoms with E-state index >= 15 is 4.39 Å². The molecule has 1 aromatic carbocycles. The minimum absolute atomic E-state index is 0.00897. The molecule has 0 aliphatic heterocycles. The number of nitrogens with zero attached hydrogens (tertiary/aromatic N) is 1. The summed E-state index contributed by atoms with van der Waals surface area (Å²) < 4.78 is 22.9. The van der Waals surface area contributed by atoms with E-state index in [1.807, 2.05) is 6.07 Å². The molecule has 2 aromatic heterocycles. The van der Waals surface area contributed by atoms with E-state index in [1.54, 1.807) is 11.5 Å². The van der Waals surface area contributed by atoms with Crippen molar-refractivity contribution in [1.29, 1.82) is 0 Å². The van der Waals surface area contributed by atoms with Crippen LogP contribution in [-0.4, -0.2) is 28.4 Å². The van der Waals surface area contributed by atoms with E-state index < -0.39 is 17.1 Å². The maximum absolute atomic E-state index is 15.6. The van der Waals surface area contributed by atoms with Gasteiger partial charge in [0.1, 0.15) is 11.3 Å². The van der Waals surface area contributed by atoms with Crippen molar-refractivity contribution in [2.75, 3.05) is 13.7 Å². The molecule has 0 amide bonds. The summed E-state index contributed by atoms with van der Waals surface area (Å²) >= 11 is 1.53. The van der Waals surface area contributed by atoms with Gasteiger partial charge in [-0.2, -0.15) is 0 Å². The molecule has 1 saturated carbocycles. The molecule has 30 heavy (non-hydrogen) atoms. The van der Waals surface area contributed by atoms with Gasteiger partial charge in [-0.25, -0.2) is 9.18 Å². The van der Waals surface area contributed by atoms with E-state index in [2.05, 4.69) is 4.98 Å². The van der Waals surface area contributed by atoms with Crippen LogP contribution in [0.1, 0.15) is 41.3 Å². The van der Waals surface area contributed by atoms with E-state index in [-0.39, 0.29) is 35.3 Å². The highest BCUT2D eigenvalue weighted by molar-refractivity contribution is 7.15. The zero-order chi connectivity index (χ0) is 21.2. The number of ether oxygens (including phenoxy) is 1. The highest BCUT2D eigenvalue weighted by Gasteiger charge is 2.32. The van der Waals surface area contributed by atoms with Gasteiger partial charge in [-0.15, -0.1) is 11.3 Å². The zero-order valence-corrected chi connectivity index (χ0v) is 17.7. The average Bonchev–Trinajstić information content (AvgIpc) is 3.47. The van der Waals surface area contributed by atoms with Gasteiger partial charge >= 0.3 is 5.69 Å². The molecule has 2 aliphatic carbocycles. The highest BCUT2D eigenvalue weighted by Crippen LogP contribution is 2.47. The summed E-state index contributed by atoms with van der Waals surface area (Å²) in [6.07, 6.45) is 4.22. The van der Waals surface area contributed by atoms with Crippen molar-refractivity contribution in [1.82, 2.24) is 9.55 Å². The number of aliphatic hydroxyl groups is 1. The molecule has 1 atom stereocenters. The Hall–Kier alpha value is -2.45. The molecule has 2 aliphatic rings. The van der Waals surface area contributed by atoms with E-state index in [4.69, 9.17) is 4.74 Å². The van der Waals surface area contributed by atoms with Crippen molar-refractivity contribution >= 4 is 22.2 Å². The Kier molecular flexibility index (Phi) is 4.59. The van der Waals surface area contributed by atoms with Gasteiger partial charge in [0.15, 0.2) is 5.75 Å². The third kappa shape index (κ3) is 2.85. The molecular formula is C22H23FN2O4S. The molecule has 0 spiro atoms. The molecule has 0 radical (unpaired) electrons. The number of nitrogens with one attached hydrogen (secondary N) is 1. The Morgan fingerprint density at radius 1 is 1.33 bits per heavy atom. The number of fused-ring (bicyclic) bond motifs is 2. The minimum Gasteiger partial charge on any atom is -0.494 e. The first kappa shape index (κ1) is 19.5. The fourth-order valence-electron chi connectivity index (χ4n) is 4.61. The van der Waals surface area contributed by atoms with Crippen LogP contribution in [0.5, 0.6) is 5.75 Å². The van der Waals surface area contributed by atoms with Gasteiger partial charge in [-0.05, 0) is 56.6 Å². The Morgan fingerprint density at radius 2 is 2.10 bits per heavy atom. The fourth-order valence-corrected chi connectivity index (χ4v) is 5.86. The molecule has 2 heterocycles. The average molecular weight is 431 g/mol. The molecule has 0 bridgehead atoms. The molecule has 1 fully saturated rings. The van der Waals surface area contributed by atoms with Gasteiger partial charge in [0.2, 0.25) is 0 Å². The number of aryl methyl sites for hydroxylation is 2. The van der Waals surface area contributed by atoms with Crippen LogP contribution in [0.2, 0.25) is 0 Å². The molecule has 1 unspecified atom stereocenters. The van der Waals surface area contributed by atoms with Gasteiger partial charge in [0.25, 0.3) is 5.56 Å². The van der Waals surface area contributed by atoms with Gasteiger partial charge in [0, 0.05) is 28.0 Å². The van der Waals surface area contributed by atoms with Crippen LogP contribution in [0.25, 0.3) is 21.3 Å². The lowest BCUT2D eigenvalue weighted by molar-refractivity contribution is 0.214. The molecule has 8 heteroatoms. The number of aromatic nitrogens is 2. The molecule has 3 aromatic rings. The maximum Gasteiger partial charge on any atom is 0.329 e. The lowest BCUT2D eigenvalue weighted by Crippen LogP contribution is -2.31. The highest BCUT2D eigenvalue weighted by atomic mass is 32.1. The number of hydrogen-bond donors (Lipinski definition) is 2. The third-order valence-corrected chi connectivity index (χ3v) is 7.57. The van der Waals surface area contributed by atoms with Crippen LogP contribution < -0.4 is 16.0 Å². The Labute approximate surface area is 175 Å². The summed E-state index contributed by atoms with van der Waals surface area (Å²) in [6.45, 7) is 1.72. The monoisotopic (exact) mass is 430 g/mol. The maximum atomic E-state index is 15.6. The van der Waals surface area contributed by atoms with E-state index in [0.717, 1.165) is 42.5 Å². The number of halogens is 1. The predicted molar refractivity (Wildman–Crippen MR) is 114 cm³/mol. The number of H-pyrrole nitrogens is 1. The van der Waals surface area contributed by atoms with Crippen molar-refractivity contribution in [2.45, 2.75) is 45.1 Å². The standard InChI is InChI=1S/C22H23FN2O4S/c1-10-16-19(25(13-4-5-13)22(28)24-21(16)27)20(29-2)17(18(10)23)15-8-12-7-11(9-26)3-6-14(12)30-15/h8,11,13,26H,3-7,9H2,1-2H3,(H,24,27,28). The number of hydrogen-bond acceptors (Lipinski definition) is 5. The topological polar surface area (TPSA) is 84.3 Å². The molecular weight excluding hydrogens is 407 g/mol. The van der Waals surface area contributed by atoms with Crippen LogP contribution in [0.3, 0.4) is 0 Å². The van der Waals surface area contributed by atoms with Crippen LogP contribution in [-0.2, 0) is 12.8 Å². The lowest BCUT2D eigenvalue weighted by Gasteiger charge is -2.19. The number of benzene rings is 1. The van der Waals surface area contributed by atoms with E-state index in [1.165, 1.54) is 23.3 Å². The largest absolute Gasteiger partial charge is 0.494 e. The Morgan fingerprint density at radius 3 is 2.77 bits per heavy atom. The number of aliphatic hydroxyl groups excluding tert-OH is 1. The summed E-state index contributed by atoms with van der Waals surface area (Å²) in [5.74, 6) is -0.0349. The van der Waals surface area contributed by atoms with Crippen LogP contribution in [0.4, 0.5) is 4.39 Å². The number of methoxy groups -OCH3 is 1. The lowest BCUT2D eigenvalue weighted by atomic mass is 9.89. The third-order valence-electron chi connectivity index (χ3n) is 6.32. The second-order valence-corrected chi connectivity index (χ2v) is 9.42. The predicted octanol–water partition coefficient (Wildman–Crippen LogP) is 3.31. The summed E-state index contributed by atoms with van der Waals surface area (Å²) in [5.41, 5.74) is 0.955. The van der Waals surface area contributed by atoms with Crippen molar-refractivity contribution in [3.05, 3.63) is 48.7 Å². The number of rotatable bonds is 4. The first-order chi connectivity index (χ1) is 14.4. The van der Waals surface area contributed by atoms with Gasteiger partial charge in [-0.1, -0.05) is 0 Å². The smallest absolute Gasteiger partial charge is 0.329 e. The first-order valence-corrected chi connectivity index (χ1v) is 11.0. The molecule has 2 N–H and O–H groups in total. The molecule has 158 valence electrons. The summed E-state index contributed by atoms with van der Waals surface area (Å²) in [6, 6.07) is 1.96. The van der Waals surface area contributed by atoms with E-state index in [9.17, 15) is 14.7 Å². The van der Waals surface area contributed by atoms with E-state index in [0.29, 0.717) is 11.1 Å². The van der Waals surface area contributed by atoms with Crippen LogP contribution in [0, 0.1) is 18.7 Å².